The fourth-order valence-electron chi connectivity index (χ4n) is 3.09. The highest BCUT2D eigenvalue weighted by Gasteiger charge is 2.09. The number of hydrazone groups is 1. The fourth-order valence-corrected chi connectivity index (χ4v) is 3.09. The molecule has 0 atom stereocenters. The van der Waals surface area contributed by atoms with Gasteiger partial charge in [-0.2, -0.15) is 5.10 Å². The molecule has 0 fully saturated rings. The molecule has 0 aliphatic carbocycles. The topological polar surface area (TPSA) is 50.7 Å². The number of amides is 1. The fraction of sp³-hybridized carbons (Fsp3) is 0.0400. The van der Waals surface area contributed by atoms with Crippen molar-refractivity contribution in [3.63, 3.8) is 0 Å². The molecule has 4 rings (SSSR count). The summed E-state index contributed by atoms with van der Waals surface area (Å²) in [6, 6.07) is 26.8. The Labute approximate surface area is 173 Å². The summed E-state index contributed by atoms with van der Waals surface area (Å²) < 4.78 is 19.1. The van der Waals surface area contributed by atoms with Gasteiger partial charge in [-0.3, -0.25) is 4.79 Å². The Kier molecular flexibility index (Phi) is 5.80. The van der Waals surface area contributed by atoms with E-state index in [0.29, 0.717) is 11.3 Å². The van der Waals surface area contributed by atoms with Crippen LogP contribution in [-0.2, 0) is 6.61 Å². The maximum absolute atomic E-state index is 13.1. The zero-order chi connectivity index (χ0) is 20.8. The van der Waals surface area contributed by atoms with Gasteiger partial charge in [-0.25, -0.2) is 9.82 Å². The van der Waals surface area contributed by atoms with Gasteiger partial charge in [0.05, 0.1) is 6.21 Å². The minimum atomic E-state index is -0.291. The van der Waals surface area contributed by atoms with Crippen molar-refractivity contribution in [2.75, 3.05) is 0 Å². The molecular weight excluding hydrogens is 379 g/mol. The van der Waals surface area contributed by atoms with Crippen molar-refractivity contribution >= 4 is 22.9 Å². The van der Waals surface area contributed by atoms with Gasteiger partial charge in [0.15, 0.2) is 0 Å². The first-order chi connectivity index (χ1) is 14.7. The maximum Gasteiger partial charge on any atom is 0.271 e. The highest BCUT2D eigenvalue weighted by atomic mass is 19.1. The maximum atomic E-state index is 13.1. The number of nitrogens with zero attached hydrogens (tertiary/aromatic N) is 1. The van der Waals surface area contributed by atoms with E-state index in [-0.39, 0.29) is 18.3 Å². The molecule has 0 spiro atoms. The third-order valence-electron chi connectivity index (χ3n) is 4.63. The minimum absolute atomic E-state index is 0.286. The minimum Gasteiger partial charge on any atom is -0.488 e. The third-order valence-corrected chi connectivity index (χ3v) is 4.63. The zero-order valence-electron chi connectivity index (χ0n) is 16.1. The molecule has 0 saturated heterocycles. The second-order valence-electron chi connectivity index (χ2n) is 6.68. The first-order valence-electron chi connectivity index (χ1n) is 9.48. The number of carbonyl (C=O) groups is 1. The summed E-state index contributed by atoms with van der Waals surface area (Å²) in [5.74, 6) is 0.0445. The third kappa shape index (κ3) is 4.52. The van der Waals surface area contributed by atoms with E-state index in [0.717, 1.165) is 21.9 Å². The summed E-state index contributed by atoms with van der Waals surface area (Å²) in [7, 11) is 0. The Bertz CT molecular complexity index is 1190. The van der Waals surface area contributed by atoms with E-state index in [1.165, 1.54) is 12.1 Å². The highest BCUT2D eigenvalue weighted by molar-refractivity contribution is 6.03. The van der Waals surface area contributed by atoms with Crippen molar-refractivity contribution in [1.82, 2.24) is 5.43 Å². The van der Waals surface area contributed by atoms with Crippen molar-refractivity contribution in [3.05, 3.63) is 114 Å². The molecule has 4 aromatic rings. The number of carbonyl (C=O) groups excluding carboxylic acids is 1. The van der Waals surface area contributed by atoms with Gasteiger partial charge >= 0.3 is 0 Å². The predicted octanol–water partition coefficient (Wildman–Crippen LogP) is 5.32. The molecule has 0 radical (unpaired) electrons. The second kappa shape index (κ2) is 9.01. The van der Waals surface area contributed by atoms with Crippen molar-refractivity contribution < 1.29 is 13.9 Å². The van der Waals surface area contributed by atoms with E-state index in [2.05, 4.69) is 10.5 Å². The molecule has 0 aliphatic heterocycles. The molecule has 0 bridgehead atoms. The van der Waals surface area contributed by atoms with Gasteiger partial charge in [-0.15, -0.1) is 0 Å². The number of fused-ring (bicyclic) bond motifs is 1. The van der Waals surface area contributed by atoms with Crippen LogP contribution in [0, 0.1) is 5.82 Å². The van der Waals surface area contributed by atoms with Gasteiger partial charge in [0.2, 0.25) is 0 Å². The quantitative estimate of drug-likeness (QED) is 0.353. The van der Waals surface area contributed by atoms with E-state index >= 15 is 0 Å². The molecule has 30 heavy (non-hydrogen) atoms. The van der Waals surface area contributed by atoms with E-state index in [1.54, 1.807) is 42.6 Å². The van der Waals surface area contributed by atoms with Crippen LogP contribution in [0.1, 0.15) is 21.5 Å². The molecule has 1 N–H and O–H groups in total. The standard InChI is InChI=1S/C25H19FN2O2/c26-21-13-10-18(11-14-21)17-30-24-15-12-19-6-4-5-9-22(19)23(24)16-27-28-25(29)20-7-2-1-3-8-20/h1-16H,17H2,(H,28,29). The highest BCUT2D eigenvalue weighted by Crippen LogP contribution is 2.27. The summed E-state index contributed by atoms with van der Waals surface area (Å²) in [4.78, 5) is 12.2. The predicted molar refractivity (Wildman–Crippen MR) is 116 cm³/mol. The number of hydrogen-bond donors (Lipinski definition) is 1. The lowest BCUT2D eigenvalue weighted by Crippen LogP contribution is -2.17. The molecule has 0 saturated carbocycles. The Morgan fingerprint density at radius 2 is 1.63 bits per heavy atom. The van der Waals surface area contributed by atoms with Crippen LogP contribution >= 0.6 is 0 Å². The molecule has 0 heterocycles. The van der Waals surface area contributed by atoms with Gasteiger partial charge in [0, 0.05) is 11.1 Å². The normalized spacial score (nSPS) is 11.0. The van der Waals surface area contributed by atoms with Crippen LogP contribution in [0.2, 0.25) is 0 Å². The molecule has 4 nitrogen and oxygen atoms in total. The van der Waals surface area contributed by atoms with E-state index in [1.807, 2.05) is 42.5 Å². The Morgan fingerprint density at radius 3 is 2.43 bits per heavy atom. The molecule has 148 valence electrons. The van der Waals surface area contributed by atoms with Crippen LogP contribution in [0.4, 0.5) is 4.39 Å². The van der Waals surface area contributed by atoms with E-state index in [9.17, 15) is 9.18 Å². The Morgan fingerprint density at radius 1 is 0.900 bits per heavy atom. The lowest BCUT2D eigenvalue weighted by molar-refractivity contribution is 0.0955. The largest absolute Gasteiger partial charge is 0.488 e. The average molecular weight is 398 g/mol. The first-order valence-corrected chi connectivity index (χ1v) is 9.48. The summed E-state index contributed by atoms with van der Waals surface area (Å²) in [5, 5.41) is 6.12. The lowest BCUT2D eigenvalue weighted by atomic mass is 10.0. The van der Waals surface area contributed by atoms with E-state index in [4.69, 9.17) is 4.74 Å². The first kappa shape index (κ1) is 19.3. The number of nitrogens with one attached hydrogen (secondary N) is 1. The lowest BCUT2D eigenvalue weighted by Gasteiger charge is -2.12. The van der Waals surface area contributed by atoms with Crippen molar-refractivity contribution in [1.29, 1.82) is 0 Å². The molecule has 0 unspecified atom stereocenters. The van der Waals surface area contributed by atoms with Crippen LogP contribution in [0.15, 0.2) is 96.1 Å². The Hall–Kier alpha value is -3.99. The molecule has 4 aromatic carbocycles. The van der Waals surface area contributed by atoms with Crippen LogP contribution < -0.4 is 10.2 Å². The number of hydrogen-bond acceptors (Lipinski definition) is 3. The van der Waals surface area contributed by atoms with Gasteiger partial charge in [-0.05, 0) is 46.7 Å². The number of benzene rings is 4. The molecule has 0 aromatic heterocycles. The summed E-state index contributed by atoms with van der Waals surface area (Å²) in [6.45, 7) is 0.288. The molecule has 5 heteroatoms. The van der Waals surface area contributed by atoms with Gasteiger partial charge < -0.3 is 4.74 Å². The van der Waals surface area contributed by atoms with Crippen molar-refractivity contribution in [2.24, 2.45) is 5.10 Å². The molecule has 1 amide bonds. The summed E-state index contributed by atoms with van der Waals surface area (Å²) in [5.41, 5.74) is 4.69. The van der Waals surface area contributed by atoms with Crippen molar-refractivity contribution in [3.8, 4) is 5.75 Å². The SMILES string of the molecule is O=C(NN=Cc1c(OCc2ccc(F)cc2)ccc2ccccc12)c1ccccc1. The van der Waals surface area contributed by atoms with E-state index < -0.39 is 0 Å². The number of ether oxygens (including phenoxy) is 1. The zero-order valence-corrected chi connectivity index (χ0v) is 16.1. The monoisotopic (exact) mass is 398 g/mol. The molecule has 0 aliphatic rings. The van der Waals surface area contributed by atoms with Crippen LogP contribution in [0.3, 0.4) is 0 Å². The number of halogens is 1. The van der Waals surface area contributed by atoms with Crippen LogP contribution in [0.5, 0.6) is 5.75 Å². The van der Waals surface area contributed by atoms with Gasteiger partial charge in [-0.1, -0.05) is 60.7 Å². The summed E-state index contributed by atoms with van der Waals surface area (Å²) >= 11 is 0. The van der Waals surface area contributed by atoms with Gasteiger partial charge in [0.25, 0.3) is 5.91 Å². The molecular formula is C25H19FN2O2. The second-order valence-corrected chi connectivity index (χ2v) is 6.68. The average Bonchev–Trinajstić information content (AvgIpc) is 2.80. The number of rotatable bonds is 6. The smallest absolute Gasteiger partial charge is 0.271 e. The van der Waals surface area contributed by atoms with Gasteiger partial charge in [0.1, 0.15) is 18.2 Å². The summed E-state index contributed by atoms with van der Waals surface area (Å²) in [6.07, 6.45) is 1.59. The van der Waals surface area contributed by atoms with Crippen LogP contribution in [-0.4, -0.2) is 12.1 Å². The Balaban J connectivity index is 1.58. The van der Waals surface area contributed by atoms with Crippen molar-refractivity contribution in [2.45, 2.75) is 6.61 Å². The van der Waals surface area contributed by atoms with Crippen LogP contribution in [0.25, 0.3) is 10.8 Å².